The zero-order valence-corrected chi connectivity index (χ0v) is 25.0. The normalized spacial score (nSPS) is 12.3. The minimum Gasteiger partial charge on any atom is -0.318 e. The number of hydrogen-bond donors (Lipinski definition) is 0. The summed E-state index contributed by atoms with van der Waals surface area (Å²) in [6, 6.07) is 21.5. The van der Waals surface area contributed by atoms with E-state index in [9.17, 15) is 14.4 Å². The molecule has 0 unspecified atom stereocenters. The van der Waals surface area contributed by atoms with Crippen molar-refractivity contribution in [3.63, 3.8) is 0 Å². The first kappa shape index (κ1) is 29.9. The van der Waals surface area contributed by atoms with Crippen molar-refractivity contribution in [2.75, 3.05) is 0 Å². The zero-order valence-electron chi connectivity index (χ0n) is 25.0. The molecule has 0 fully saturated rings. The van der Waals surface area contributed by atoms with Gasteiger partial charge in [-0.25, -0.2) is 4.79 Å². The topological polar surface area (TPSA) is 77.7 Å². The highest BCUT2D eigenvalue weighted by molar-refractivity contribution is 6.46. The number of aromatic nitrogens is 1. The van der Waals surface area contributed by atoms with Gasteiger partial charge in [-0.05, 0) is 67.3 Å². The summed E-state index contributed by atoms with van der Waals surface area (Å²) in [5, 5.41) is 5.88. The number of para-hydroxylation sites is 1. The summed E-state index contributed by atoms with van der Waals surface area (Å²) in [5.41, 5.74) is 3.88. The van der Waals surface area contributed by atoms with Crippen molar-refractivity contribution in [1.82, 2.24) is 4.57 Å². The molecular weight excluding hydrogens is 512 g/mol. The van der Waals surface area contributed by atoms with E-state index in [0.29, 0.717) is 17.5 Å². The van der Waals surface area contributed by atoms with Crippen LogP contribution in [-0.4, -0.2) is 27.8 Å². The SMILES string of the molecule is CCCCCC/C(=N\OC(C)=O)C(=O)c1ccc2c(c1)c1ccccc1n2-c1ccc(C(=O)C(C)(C)C(C)C)cc1. The smallest absolute Gasteiger partial charge is 0.318 e. The predicted molar refractivity (Wildman–Crippen MR) is 166 cm³/mol. The predicted octanol–water partition coefficient (Wildman–Crippen LogP) is 8.72. The van der Waals surface area contributed by atoms with Crippen molar-refractivity contribution in [2.45, 2.75) is 73.6 Å². The van der Waals surface area contributed by atoms with E-state index in [2.05, 4.69) is 36.6 Å². The molecule has 214 valence electrons. The van der Waals surface area contributed by atoms with Gasteiger partial charge >= 0.3 is 5.97 Å². The molecule has 1 aromatic heterocycles. The fourth-order valence-electron chi connectivity index (χ4n) is 4.99. The molecule has 0 bridgehead atoms. The number of ketones is 2. The van der Waals surface area contributed by atoms with Gasteiger partial charge in [0.1, 0.15) is 5.71 Å². The first-order valence-electron chi connectivity index (χ1n) is 14.5. The summed E-state index contributed by atoms with van der Waals surface area (Å²) in [7, 11) is 0. The number of nitrogens with zero attached hydrogens (tertiary/aromatic N) is 2. The van der Waals surface area contributed by atoms with Gasteiger partial charge in [0, 0.05) is 39.9 Å². The van der Waals surface area contributed by atoms with Crippen molar-refractivity contribution in [3.05, 3.63) is 77.9 Å². The number of carbonyl (C=O) groups excluding carboxylic acids is 3. The second-order valence-electron chi connectivity index (χ2n) is 11.6. The Morgan fingerprint density at radius 1 is 0.854 bits per heavy atom. The number of carbonyl (C=O) groups is 3. The third-order valence-corrected chi connectivity index (χ3v) is 8.16. The molecule has 3 aromatic carbocycles. The van der Waals surface area contributed by atoms with E-state index in [1.54, 1.807) is 6.07 Å². The van der Waals surface area contributed by atoms with Gasteiger partial charge in [0.15, 0.2) is 5.78 Å². The lowest BCUT2D eigenvalue weighted by Crippen LogP contribution is -2.29. The molecule has 0 N–H and O–H groups in total. The molecule has 0 atom stereocenters. The van der Waals surface area contributed by atoms with Gasteiger partial charge in [-0.1, -0.05) is 77.2 Å². The standard InChI is InChI=1S/C35H40N2O4/c1-7-8-9-10-14-30(36-41-24(4)38)33(39)26-18-21-32-29(22-26)28-13-11-12-15-31(28)37(32)27-19-16-25(17-20-27)34(40)35(5,6)23(2)3/h11-13,15-23H,7-10,14H2,1-6H3/b36-30+. The lowest BCUT2D eigenvalue weighted by molar-refractivity contribution is -0.140. The number of oxime groups is 1. The summed E-state index contributed by atoms with van der Waals surface area (Å²) in [4.78, 5) is 43.0. The van der Waals surface area contributed by atoms with Crippen LogP contribution in [0, 0.1) is 11.3 Å². The highest BCUT2D eigenvalue weighted by Crippen LogP contribution is 2.34. The number of fused-ring (bicyclic) bond motifs is 3. The maximum atomic E-state index is 13.5. The maximum Gasteiger partial charge on any atom is 0.331 e. The molecule has 0 aliphatic rings. The molecule has 0 spiro atoms. The van der Waals surface area contributed by atoms with Crippen LogP contribution < -0.4 is 0 Å². The Kier molecular flexibility index (Phi) is 9.21. The fraction of sp³-hybridized carbons (Fsp3) is 0.371. The van der Waals surface area contributed by atoms with E-state index in [-0.39, 0.29) is 23.2 Å². The Bertz CT molecular complexity index is 1610. The molecule has 0 saturated carbocycles. The van der Waals surface area contributed by atoms with Gasteiger partial charge in [0.2, 0.25) is 5.78 Å². The lowest BCUT2D eigenvalue weighted by atomic mass is 9.75. The summed E-state index contributed by atoms with van der Waals surface area (Å²) < 4.78 is 2.15. The molecular formula is C35H40N2O4. The summed E-state index contributed by atoms with van der Waals surface area (Å²) >= 11 is 0. The molecule has 4 rings (SSSR count). The van der Waals surface area contributed by atoms with E-state index in [1.807, 2.05) is 68.4 Å². The van der Waals surface area contributed by atoms with Gasteiger partial charge in [-0.3, -0.25) is 9.59 Å². The highest BCUT2D eigenvalue weighted by atomic mass is 16.7. The van der Waals surface area contributed by atoms with E-state index in [1.165, 1.54) is 6.92 Å². The second kappa shape index (κ2) is 12.6. The summed E-state index contributed by atoms with van der Waals surface area (Å²) in [6.07, 6.45) is 4.39. The van der Waals surface area contributed by atoms with Crippen LogP contribution in [0.2, 0.25) is 0 Å². The number of benzene rings is 3. The number of rotatable bonds is 12. The van der Waals surface area contributed by atoms with Crippen LogP contribution >= 0.6 is 0 Å². The van der Waals surface area contributed by atoms with E-state index in [4.69, 9.17) is 4.84 Å². The average Bonchev–Trinajstić information content (AvgIpc) is 3.29. The van der Waals surface area contributed by atoms with Crippen LogP contribution in [0.25, 0.3) is 27.5 Å². The maximum absolute atomic E-state index is 13.5. The van der Waals surface area contributed by atoms with Crippen LogP contribution in [0.15, 0.2) is 71.9 Å². The van der Waals surface area contributed by atoms with Crippen molar-refractivity contribution < 1.29 is 19.2 Å². The van der Waals surface area contributed by atoms with Gasteiger partial charge in [-0.15, -0.1) is 0 Å². The third-order valence-electron chi connectivity index (χ3n) is 8.16. The molecule has 0 aliphatic carbocycles. The van der Waals surface area contributed by atoms with Crippen LogP contribution in [0.3, 0.4) is 0 Å². The van der Waals surface area contributed by atoms with Crippen molar-refractivity contribution in [1.29, 1.82) is 0 Å². The van der Waals surface area contributed by atoms with Crippen molar-refractivity contribution in [2.24, 2.45) is 16.5 Å². The number of unbranched alkanes of at least 4 members (excludes halogenated alkanes) is 3. The average molecular weight is 553 g/mol. The minimum atomic E-state index is -0.553. The Labute approximate surface area is 242 Å². The van der Waals surface area contributed by atoms with Crippen LogP contribution in [0.4, 0.5) is 0 Å². The second-order valence-corrected chi connectivity index (χ2v) is 11.6. The monoisotopic (exact) mass is 552 g/mol. The Balaban J connectivity index is 1.74. The first-order valence-corrected chi connectivity index (χ1v) is 14.5. The quantitative estimate of drug-likeness (QED) is 0.0579. The third kappa shape index (κ3) is 6.32. The summed E-state index contributed by atoms with van der Waals surface area (Å²) in [5.74, 6) is -0.440. The minimum absolute atomic E-state index is 0.130. The molecule has 1 heterocycles. The molecule has 0 saturated heterocycles. The molecule has 0 radical (unpaired) electrons. The summed E-state index contributed by atoms with van der Waals surface area (Å²) in [6.45, 7) is 11.5. The number of hydrogen-bond acceptors (Lipinski definition) is 5. The first-order chi connectivity index (χ1) is 19.6. The number of Topliss-reactive ketones (excluding diaryl/α,β-unsaturated/α-hetero) is 2. The van der Waals surface area contributed by atoms with Crippen molar-refractivity contribution >= 4 is 45.1 Å². The Morgan fingerprint density at radius 3 is 2.17 bits per heavy atom. The molecule has 4 aromatic rings. The molecule has 41 heavy (non-hydrogen) atoms. The van der Waals surface area contributed by atoms with Crippen LogP contribution in [-0.2, 0) is 9.63 Å². The van der Waals surface area contributed by atoms with E-state index < -0.39 is 11.4 Å². The van der Waals surface area contributed by atoms with Crippen molar-refractivity contribution in [3.8, 4) is 5.69 Å². The van der Waals surface area contributed by atoms with Gasteiger partial charge in [0.05, 0.1) is 11.0 Å². The van der Waals surface area contributed by atoms with E-state index >= 15 is 0 Å². The van der Waals surface area contributed by atoms with Gasteiger partial charge in [-0.2, -0.15) is 0 Å². The van der Waals surface area contributed by atoms with Gasteiger partial charge < -0.3 is 9.40 Å². The van der Waals surface area contributed by atoms with Crippen LogP contribution in [0.5, 0.6) is 0 Å². The lowest BCUT2D eigenvalue weighted by Gasteiger charge is -2.27. The molecule has 6 nitrogen and oxygen atoms in total. The largest absolute Gasteiger partial charge is 0.331 e. The fourth-order valence-corrected chi connectivity index (χ4v) is 4.99. The Morgan fingerprint density at radius 2 is 1.51 bits per heavy atom. The highest BCUT2D eigenvalue weighted by Gasteiger charge is 2.32. The van der Waals surface area contributed by atoms with Crippen LogP contribution in [0.1, 0.15) is 94.4 Å². The molecule has 0 aliphatic heterocycles. The van der Waals surface area contributed by atoms with E-state index in [0.717, 1.165) is 53.2 Å². The zero-order chi connectivity index (χ0) is 29.7. The van der Waals surface area contributed by atoms with Gasteiger partial charge in [0.25, 0.3) is 0 Å². The molecule has 6 heteroatoms. The Hall–Kier alpha value is -4.06. The molecule has 0 amide bonds.